The Kier molecular flexibility index (Phi) is 8.84. The Labute approximate surface area is 189 Å². The quantitative estimate of drug-likeness (QED) is 0.624. The van der Waals surface area contributed by atoms with Crippen molar-refractivity contribution in [1.82, 2.24) is 15.3 Å². The van der Waals surface area contributed by atoms with Gasteiger partial charge < -0.3 is 16.0 Å². The van der Waals surface area contributed by atoms with Gasteiger partial charge in [-0.05, 0) is 35.2 Å². The Morgan fingerprint density at radius 2 is 1.83 bits per heavy atom. The number of benzene rings is 2. The van der Waals surface area contributed by atoms with Gasteiger partial charge in [0, 0.05) is 37.9 Å². The van der Waals surface area contributed by atoms with E-state index in [0.29, 0.717) is 6.54 Å². The lowest BCUT2D eigenvalue weighted by molar-refractivity contribution is -0.126. The average Bonchev–Trinajstić information content (AvgIpc) is 2.77. The minimum absolute atomic E-state index is 0. The summed E-state index contributed by atoms with van der Waals surface area (Å²) in [4.78, 5) is 23.5. The van der Waals surface area contributed by atoms with Gasteiger partial charge >= 0.3 is 0 Å². The van der Waals surface area contributed by atoms with Gasteiger partial charge in [0.05, 0.1) is 12.2 Å². The molecule has 0 saturated carbocycles. The third-order valence-corrected chi connectivity index (χ3v) is 5.47. The van der Waals surface area contributed by atoms with Crippen molar-refractivity contribution in [3.63, 3.8) is 0 Å². The zero-order valence-electron chi connectivity index (χ0n) is 16.6. The van der Waals surface area contributed by atoms with E-state index in [-0.39, 0.29) is 42.7 Å². The molecule has 0 aliphatic carbocycles. The van der Waals surface area contributed by atoms with Crippen molar-refractivity contribution in [1.29, 1.82) is 0 Å². The molecule has 0 radical (unpaired) electrons. The van der Waals surface area contributed by atoms with Gasteiger partial charge in [0.1, 0.15) is 5.82 Å². The number of halogens is 2. The lowest BCUT2D eigenvalue weighted by Gasteiger charge is -2.32. The molecule has 1 unspecified atom stereocenters. The molecule has 1 saturated heterocycles. The molecule has 8 heteroatoms. The van der Waals surface area contributed by atoms with Crippen LogP contribution in [0.4, 0.5) is 5.82 Å². The van der Waals surface area contributed by atoms with E-state index in [4.69, 9.17) is 5.73 Å². The summed E-state index contributed by atoms with van der Waals surface area (Å²) in [6, 6.07) is 14.3. The van der Waals surface area contributed by atoms with E-state index >= 15 is 0 Å². The van der Waals surface area contributed by atoms with Gasteiger partial charge in [-0.2, -0.15) is 0 Å². The molecule has 1 fully saturated rings. The number of nitrogens with one attached hydrogen (secondary N) is 1. The molecule has 1 amide bonds. The molecular formula is C22H27Cl2N5O. The number of rotatable bonds is 5. The van der Waals surface area contributed by atoms with Crippen LogP contribution in [0.5, 0.6) is 0 Å². The summed E-state index contributed by atoms with van der Waals surface area (Å²) < 4.78 is 0. The van der Waals surface area contributed by atoms with E-state index in [1.165, 1.54) is 5.39 Å². The monoisotopic (exact) mass is 447 g/mol. The second-order valence-electron chi connectivity index (χ2n) is 7.23. The normalized spacial score (nSPS) is 15.0. The summed E-state index contributed by atoms with van der Waals surface area (Å²) in [5, 5.41) is 5.50. The van der Waals surface area contributed by atoms with Crippen molar-refractivity contribution in [2.75, 3.05) is 24.5 Å². The highest BCUT2D eigenvalue weighted by atomic mass is 35.5. The van der Waals surface area contributed by atoms with Crippen LogP contribution in [0.1, 0.15) is 24.4 Å². The van der Waals surface area contributed by atoms with Crippen molar-refractivity contribution < 1.29 is 4.79 Å². The zero-order chi connectivity index (χ0) is 19.3. The second kappa shape index (κ2) is 11.1. The average molecular weight is 448 g/mol. The maximum Gasteiger partial charge on any atom is 0.223 e. The number of fused-ring (bicyclic) bond motifs is 1. The van der Waals surface area contributed by atoms with Crippen LogP contribution < -0.4 is 16.0 Å². The number of hydrogen-bond acceptors (Lipinski definition) is 5. The van der Waals surface area contributed by atoms with E-state index in [1.807, 2.05) is 12.1 Å². The highest BCUT2D eigenvalue weighted by Crippen LogP contribution is 2.24. The van der Waals surface area contributed by atoms with Gasteiger partial charge in [-0.1, -0.05) is 36.4 Å². The summed E-state index contributed by atoms with van der Waals surface area (Å²) in [5.74, 6) is 0.960. The van der Waals surface area contributed by atoms with E-state index < -0.39 is 0 Å². The first kappa shape index (κ1) is 23.9. The molecule has 3 aromatic rings. The number of aromatic nitrogens is 2. The molecule has 0 spiro atoms. The van der Waals surface area contributed by atoms with Gasteiger partial charge in [-0.3, -0.25) is 9.78 Å². The molecule has 6 nitrogen and oxygen atoms in total. The lowest BCUT2D eigenvalue weighted by atomic mass is 9.94. The molecule has 30 heavy (non-hydrogen) atoms. The molecule has 160 valence electrons. The minimum atomic E-state index is -0.171. The van der Waals surface area contributed by atoms with Crippen LogP contribution in [0.3, 0.4) is 0 Å². The number of carbonyl (C=O) groups excluding carboxylic acids is 1. The van der Waals surface area contributed by atoms with Gasteiger partial charge in [0.2, 0.25) is 5.91 Å². The molecule has 0 bridgehead atoms. The predicted octanol–water partition coefficient (Wildman–Crippen LogP) is 3.51. The molecule has 2 heterocycles. The first-order valence-corrected chi connectivity index (χ1v) is 9.74. The number of amides is 1. The number of nitrogens with zero attached hydrogens (tertiary/aromatic N) is 3. The van der Waals surface area contributed by atoms with Gasteiger partial charge in [-0.15, -0.1) is 24.8 Å². The zero-order valence-corrected chi connectivity index (χ0v) is 18.2. The van der Waals surface area contributed by atoms with Crippen molar-refractivity contribution in [3.05, 3.63) is 66.6 Å². The fraction of sp³-hybridized carbons (Fsp3) is 0.318. The molecule has 1 aliphatic rings. The molecule has 1 aliphatic heterocycles. The SMILES string of the molecule is Cl.Cl.NCC(NC(=O)C1CCN(c2cnccn2)CC1)c1ccc2ccccc2c1. The van der Waals surface area contributed by atoms with E-state index in [1.54, 1.807) is 18.6 Å². The van der Waals surface area contributed by atoms with Crippen LogP contribution in [0.25, 0.3) is 10.8 Å². The van der Waals surface area contributed by atoms with Crippen LogP contribution in [0, 0.1) is 5.92 Å². The molecule has 2 aromatic carbocycles. The maximum absolute atomic E-state index is 12.8. The maximum atomic E-state index is 12.8. The number of anilines is 1. The van der Waals surface area contributed by atoms with E-state index in [0.717, 1.165) is 42.7 Å². The largest absolute Gasteiger partial charge is 0.355 e. The summed E-state index contributed by atoms with van der Waals surface area (Å²) in [6.45, 7) is 1.99. The fourth-order valence-corrected chi connectivity index (χ4v) is 3.82. The standard InChI is InChI=1S/C22H25N5O.2ClH/c23-14-20(19-6-5-16-3-1-2-4-18(16)13-19)26-22(28)17-7-11-27(12-8-17)21-15-24-9-10-25-21;;/h1-6,9-10,13,15,17,20H,7-8,11-12,14,23H2,(H,26,28);2*1H. The minimum Gasteiger partial charge on any atom is -0.355 e. The first-order chi connectivity index (χ1) is 13.7. The van der Waals surface area contributed by atoms with Crippen molar-refractivity contribution in [3.8, 4) is 0 Å². The third kappa shape index (κ3) is 5.39. The highest BCUT2D eigenvalue weighted by molar-refractivity contribution is 5.86. The topological polar surface area (TPSA) is 84.1 Å². The van der Waals surface area contributed by atoms with Crippen LogP contribution >= 0.6 is 24.8 Å². The van der Waals surface area contributed by atoms with E-state index in [2.05, 4.69) is 50.5 Å². The summed E-state index contributed by atoms with van der Waals surface area (Å²) >= 11 is 0. The number of piperidine rings is 1. The summed E-state index contributed by atoms with van der Waals surface area (Å²) in [5.41, 5.74) is 7.03. The molecule has 1 atom stereocenters. The molecule has 4 rings (SSSR count). The first-order valence-electron chi connectivity index (χ1n) is 9.74. The van der Waals surface area contributed by atoms with Crippen molar-refractivity contribution in [2.24, 2.45) is 11.7 Å². The number of nitrogens with two attached hydrogens (primary N) is 1. The van der Waals surface area contributed by atoms with Gasteiger partial charge in [-0.25, -0.2) is 4.98 Å². The van der Waals surface area contributed by atoms with Gasteiger partial charge in [0.25, 0.3) is 0 Å². The lowest BCUT2D eigenvalue weighted by Crippen LogP contribution is -2.43. The fourth-order valence-electron chi connectivity index (χ4n) is 3.82. The van der Waals surface area contributed by atoms with Crippen LogP contribution in [0.2, 0.25) is 0 Å². The third-order valence-electron chi connectivity index (χ3n) is 5.47. The van der Waals surface area contributed by atoms with Crippen molar-refractivity contribution >= 4 is 47.3 Å². The number of carbonyl (C=O) groups is 1. The Balaban J connectivity index is 0.00000160. The Hall–Kier alpha value is -2.41. The van der Waals surface area contributed by atoms with Crippen LogP contribution in [-0.4, -0.2) is 35.5 Å². The van der Waals surface area contributed by atoms with E-state index in [9.17, 15) is 4.79 Å². The molecule has 1 aromatic heterocycles. The van der Waals surface area contributed by atoms with Crippen LogP contribution in [0.15, 0.2) is 61.1 Å². The smallest absolute Gasteiger partial charge is 0.223 e. The van der Waals surface area contributed by atoms with Crippen LogP contribution in [-0.2, 0) is 4.79 Å². The van der Waals surface area contributed by atoms with Gasteiger partial charge in [0.15, 0.2) is 0 Å². The molecular weight excluding hydrogens is 421 g/mol. The summed E-state index contributed by atoms with van der Waals surface area (Å²) in [6.07, 6.45) is 6.74. The summed E-state index contributed by atoms with van der Waals surface area (Å²) in [7, 11) is 0. The highest BCUT2D eigenvalue weighted by Gasteiger charge is 2.27. The number of hydrogen-bond donors (Lipinski definition) is 2. The Bertz CT molecular complexity index is 948. The second-order valence-corrected chi connectivity index (χ2v) is 7.23. The Morgan fingerprint density at radius 3 is 2.50 bits per heavy atom. The molecule has 3 N–H and O–H groups in total. The van der Waals surface area contributed by atoms with Crippen molar-refractivity contribution in [2.45, 2.75) is 18.9 Å². The predicted molar refractivity (Wildman–Crippen MR) is 125 cm³/mol. The Morgan fingerprint density at radius 1 is 1.10 bits per heavy atom.